The number of piperazine rings is 1. The third kappa shape index (κ3) is 2.25. The van der Waals surface area contributed by atoms with Crippen molar-refractivity contribution in [2.24, 2.45) is 5.92 Å². The van der Waals surface area contributed by atoms with Gasteiger partial charge in [0.25, 0.3) is 0 Å². The summed E-state index contributed by atoms with van der Waals surface area (Å²) in [6.45, 7) is 6.00. The summed E-state index contributed by atoms with van der Waals surface area (Å²) in [5.74, 6) is 0.924. The van der Waals surface area contributed by atoms with Gasteiger partial charge in [-0.25, -0.2) is 0 Å². The van der Waals surface area contributed by atoms with Crippen molar-refractivity contribution in [3.05, 3.63) is 0 Å². The summed E-state index contributed by atoms with van der Waals surface area (Å²) >= 11 is 0. The lowest BCUT2D eigenvalue weighted by Crippen LogP contribution is -2.63. The number of nitrogens with one attached hydrogen (secondary N) is 1. The van der Waals surface area contributed by atoms with Gasteiger partial charge in [0.1, 0.15) is 0 Å². The Bertz CT molecular complexity index is 279. The zero-order valence-corrected chi connectivity index (χ0v) is 11.2. The highest BCUT2D eigenvalue weighted by Gasteiger charge is 2.46. The Balaban J connectivity index is 1.66. The second-order valence-corrected chi connectivity index (χ2v) is 6.36. The van der Waals surface area contributed by atoms with Crippen molar-refractivity contribution in [2.45, 2.75) is 56.7 Å². The van der Waals surface area contributed by atoms with E-state index >= 15 is 0 Å². The molecule has 3 fully saturated rings. The number of hydrogen-bond donors (Lipinski definition) is 1. The van der Waals surface area contributed by atoms with Crippen molar-refractivity contribution in [2.75, 3.05) is 26.7 Å². The van der Waals surface area contributed by atoms with Crippen LogP contribution in [0.3, 0.4) is 0 Å². The van der Waals surface area contributed by atoms with E-state index in [1.165, 1.54) is 45.2 Å². The molecule has 17 heavy (non-hydrogen) atoms. The van der Waals surface area contributed by atoms with E-state index in [4.69, 9.17) is 4.74 Å². The molecule has 3 aliphatic rings. The van der Waals surface area contributed by atoms with E-state index in [0.717, 1.165) is 12.5 Å². The van der Waals surface area contributed by atoms with E-state index in [2.05, 4.69) is 17.1 Å². The van der Waals surface area contributed by atoms with Gasteiger partial charge in [0.05, 0.1) is 6.10 Å². The molecule has 0 spiro atoms. The Hall–Kier alpha value is -0.120. The number of rotatable bonds is 3. The normalized spacial score (nSPS) is 44.1. The van der Waals surface area contributed by atoms with Gasteiger partial charge in [0.2, 0.25) is 0 Å². The zero-order valence-electron chi connectivity index (χ0n) is 11.2. The molecule has 3 atom stereocenters. The van der Waals surface area contributed by atoms with Gasteiger partial charge in [-0.3, -0.25) is 4.90 Å². The van der Waals surface area contributed by atoms with Gasteiger partial charge in [0, 0.05) is 38.3 Å². The number of hydrogen-bond acceptors (Lipinski definition) is 3. The van der Waals surface area contributed by atoms with Crippen molar-refractivity contribution >= 4 is 0 Å². The maximum atomic E-state index is 5.66. The molecule has 2 saturated carbocycles. The number of nitrogens with zero attached hydrogens (tertiary/aromatic N) is 1. The van der Waals surface area contributed by atoms with Crippen LogP contribution in [0.5, 0.6) is 0 Å². The van der Waals surface area contributed by atoms with Crippen LogP contribution in [-0.4, -0.2) is 49.3 Å². The second kappa shape index (κ2) is 4.52. The molecule has 3 unspecified atom stereocenters. The second-order valence-electron chi connectivity index (χ2n) is 6.36. The fourth-order valence-corrected chi connectivity index (χ4v) is 3.92. The molecule has 0 aromatic carbocycles. The van der Waals surface area contributed by atoms with Crippen LogP contribution < -0.4 is 5.32 Å². The van der Waals surface area contributed by atoms with Crippen LogP contribution >= 0.6 is 0 Å². The summed E-state index contributed by atoms with van der Waals surface area (Å²) in [4.78, 5) is 2.70. The molecule has 0 aromatic heterocycles. The highest BCUT2D eigenvalue weighted by atomic mass is 16.5. The molecule has 0 radical (unpaired) electrons. The molecule has 2 aliphatic carbocycles. The van der Waals surface area contributed by atoms with Crippen molar-refractivity contribution in [1.29, 1.82) is 0 Å². The molecule has 1 N–H and O–H groups in total. The van der Waals surface area contributed by atoms with Crippen molar-refractivity contribution in [1.82, 2.24) is 10.2 Å². The largest absolute Gasteiger partial charge is 0.380 e. The van der Waals surface area contributed by atoms with E-state index in [1.807, 2.05) is 7.11 Å². The smallest absolute Gasteiger partial charge is 0.0726 e. The molecule has 3 heteroatoms. The minimum atomic E-state index is 0.374. The molecule has 1 saturated heterocycles. The SMILES string of the molecule is COC1CCCC1N1CCNC(C)(C2CC2)C1. The molecule has 3 nitrogen and oxygen atoms in total. The minimum absolute atomic E-state index is 0.374. The molecule has 3 rings (SSSR count). The van der Waals surface area contributed by atoms with Crippen LogP contribution in [0.15, 0.2) is 0 Å². The Kier molecular flexibility index (Phi) is 3.18. The lowest BCUT2D eigenvalue weighted by atomic mass is 9.91. The number of methoxy groups -OCH3 is 1. The van der Waals surface area contributed by atoms with Crippen LogP contribution in [0.25, 0.3) is 0 Å². The maximum Gasteiger partial charge on any atom is 0.0726 e. The standard InChI is InChI=1S/C14H26N2O/c1-14(11-6-7-11)10-16(9-8-15-14)12-4-3-5-13(12)17-2/h11-13,15H,3-10H2,1-2H3. The Labute approximate surface area is 105 Å². The van der Waals surface area contributed by atoms with Crippen LogP contribution in [0.2, 0.25) is 0 Å². The lowest BCUT2D eigenvalue weighted by molar-refractivity contribution is 0.00571. The van der Waals surface area contributed by atoms with E-state index in [9.17, 15) is 0 Å². The summed E-state index contributed by atoms with van der Waals surface area (Å²) in [7, 11) is 1.88. The summed E-state index contributed by atoms with van der Waals surface area (Å²) in [5, 5.41) is 3.76. The molecule has 1 aliphatic heterocycles. The van der Waals surface area contributed by atoms with Gasteiger partial charge >= 0.3 is 0 Å². The first-order valence-corrected chi connectivity index (χ1v) is 7.25. The highest BCUT2D eigenvalue weighted by molar-refractivity contribution is 5.04. The first kappa shape index (κ1) is 11.9. The molecule has 0 bridgehead atoms. The van der Waals surface area contributed by atoms with Crippen molar-refractivity contribution in [3.63, 3.8) is 0 Å². The quantitative estimate of drug-likeness (QED) is 0.809. The van der Waals surface area contributed by atoms with E-state index in [1.54, 1.807) is 0 Å². The van der Waals surface area contributed by atoms with Gasteiger partial charge in [-0.1, -0.05) is 0 Å². The third-order valence-electron chi connectivity index (χ3n) is 5.13. The minimum Gasteiger partial charge on any atom is -0.380 e. The molecule has 98 valence electrons. The summed E-state index contributed by atoms with van der Waals surface area (Å²) in [5.41, 5.74) is 0.374. The van der Waals surface area contributed by atoms with Gasteiger partial charge in [-0.2, -0.15) is 0 Å². The van der Waals surface area contributed by atoms with Crippen LogP contribution in [-0.2, 0) is 4.74 Å². The van der Waals surface area contributed by atoms with E-state index in [0.29, 0.717) is 17.7 Å². The molecule has 1 heterocycles. The first-order chi connectivity index (χ1) is 8.23. The molecular formula is C14H26N2O. The zero-order chi connectivity index (χ0) is 11.9. The fraction of sp³-hybridized carbons (Fsp3) is 1.00. The molecule has 0 amide bonds. The van der Waals surface area contributed by atoms with E-state index < -0.39 is 0 Å². The van der Waals surface area contributed by atoms with Gasteiger partial charge in [-0.15, -0.1) is 0 Å². The Morgan fingerprint density at radius 3 is 2.76 bits per heavy atom. The monoisotopic (exact) mass is 238 g/mol. The fourth-order valence-electron chi connectivity index (χ4n) is 3.92. The Morgan fingerprint density at radius 1 is 1.24 bits per heavy atom. The highest BCUT2D eigenvalue weighted by Crippen LogP contribution is 2.41. The topological polar surface area (TPSA) is 24.5 Å². The van der Waals surface area contributed by atoms with Gasteiger partial charge in [0.15, 0.2) is 0 Å². The molecule has 0 aromatic rings. The first-order valence-electron chi connectivity index (χ1n) is 7.25. The Morgan fingerprint density at radius 2 is 2.06 bits per heavy atom. The van der Waals surface area contributed by atoms with Crippen molar-refractivity contribution in [3.8, 4) is 0 Å². The average molecular weight is 238 g/mol. The van der Waals surface area contributed by atoms with Crippen LogP contribution in [0, 0.1) is 5.92 Å². The molecular weight excluding hydrogens is 212 g/mol. The summed E-state index contributed by atoms with van der Waals surface area (Å²) < 4.78 is 5.66. The van der Waals surface area contributed by atoms with Crippen LogP contribution in [0.1, 0.15) is 39.0 Å². The predicted molar refractivity (Wildman–Crippen MR) is 69.1 cm³/mol. The van der Waals surface area contributed by atoms with E-state index in [-0.39, 0.29) is 0 Å². The van der Waals surface area contributed by atoms with Crippen molar-refractivity contribution < 1.29 is 4.74 Å². The van der Waals surface area contributed by atoms with Gasteiger partial charge in [-0.05, 0) is 44.9 Å². The summed E-state index contributed by atoms with van der Waals surface area (Å²) in [6, 6.07) is 0.681. The summed E-state index contributed by atoms with van der Waals surface area (Å²) in [6.07, 6.45) is 7.26. The average Bonchev–Trinajstić information content (AvgIpc) is 3.08. The lowest BCUT2D eigenvalue weighted by Gasteiger charge is -2.45. The predicted octanol–water partition coefficient (Wildman–Crippen LogP) is 1.63. The maximum absolute atomic E-state index is 5.66. The third-order valence-corrected chi connectivity index (χ3v) is 5.13. The number of ether oxygens (including phenoxy) is 1. The van der Waals surface area contributed by atoms with Crippen LogP contribution in [0.4, 0.5) is 0 Å². The van der Waals surface area contributed by atoms with Gasteiger partial charge < -0.3 is 10.1 Å².